The Kier molecular flexibility index (Phi) is 2.12. The second-order valence-electron chi connectivity index (χ2n) is 3.28. The molecule has 0 radical (unpaired) electrons. The number of nitrogen functional groups attached to an aromatic ring is 1. The average molecular weight is 205 g/mol. The van der Waals surface area contributed by atoms with Crippen molar-refractivity contribution in [1.29, 1.82) is 0 Å². The van der Waals surface area contributed by atoms with Gasteiger partial charge in [-0.15, -0.1) is 0 Å². The summed E-state index contributed by atoms with van der Waals surface area (Å²) >= 11 is 0. The summed E-state index contributed by atoms with van der Waals surface area (Å²) in [6, 6.07) is 1.73. The lowest BCUT2D eigenvalue weighted by molar-refractivity contribution is 0.0953. The van der Waals surface area contributed by atoms with Crippen LogP contribution in [0.15, 0.2) is 12.3 Å². The normalized spacial score (nSPS) is 10.6. The molecule has 2 heterocycles. The smallest absolute Gasteiger partial charge is 0.266 e. The highest BCUT2D eigenvalue weighted by Crippen LogP contribution is 2.16. The van der Waals surface area contributed by atoms with Gasteiger partial charge >= 0.3 is 0 Å². The lowest BCUT2D eigenvalue weighted by Gasteiger charge is -1.99. The first-order chi connectivity index (χ1) is 7.13. The number of nitrogens with zero attached hydrogens (tertiary/aromatic N) is 3. The lowest BCUT2D eigenvalue weighted by Crippen LogP contribution is -2.30. The van der Waals surface area contributed by atoms with Crippen LogP contribution in [-0.4, -0.2) is 20.7 Å². The molecule has 1 amide bonds. The molecule has 15 heavy (non-hydrogen) atoms. The highest BCUT2D eigenvalue weighted by molar-refractivity contribution is 5.96. The van der Waals surface area contributed by atoms with Crippen LogP contribution >= 0.6 is 0 Å². The van der Waals surface area contributed by atoms with E-state index in [4.69, 9.17) is 5.84 Å². The van der Waals surface area contributed by atoms with E-state index >= 15 is 0 Å². The quantitative estimate of drug-likeness (QED) is 0.386. The number of carbonyl (C=O) groups excluding carboxylic acids is 1. The monoisotopic (exact) mass is 205 g/mol. The Morgan fingerprint density at radius 1 is 1.60 bits per heavy atom. The molecule has 2 aromatic rings. The van der Waals surface area contributed by atoms with Gasteiger partial charge in [0.25, 0.3) is 5.91 Å². The number of rotatable bonds is 1. The van der Waals surface area contributed by atoms with Gasteiger partial charge in [-0.2, -0.15) is 5.10 Å². The molecule has 0 saturated heterocycles. The summed E-state index contributed by atoms with van der Waals surface area (Å²) < 4.78 is 1.68. The van der Waals surface area contributed by atoms with Crippen molar-refractivity contribution in [3.05, 3.63) is 23.5 Å². The average Bonchev–Trinajstić information content (AvgIpc) is 2.53. The third kappa shape index (κ3) is 1.44. The molecule has 0 atom stereocenters. The first kappa shape index (κ1) is 9.60. The molecule has 0 fully saturated rings. The molecule has 3 N–H and O–H groups in total. The molecule has 2 rings (SSSR count). The molecule has 0 bridgehead atoms. The van der Waals surface area contributed by atoms with Gasteiger partial charge in [-0.25, -0.2) is 10.8 Å². The standard InChI is InChI=1S/C9H11N5O/c1-5-7-3-6(9(15)12-10)4-11-8(7)14(2)13-5/h3-4H,10H2,1-2H3,(H,12,15). The van der Waals surface area contributed by atoms with E-state index in [-0.39, 0.29) is 5.91 Å². The number of hydrazine groups is 1. The maximum Gasteiger partial charge on any atom is 0.266 e. The third-order valence-electron chi connectivity index (χ3n) is 2.26. The zero-order chi connectivity index (χ0) is 11.0. The van der Waals surface area contributed by atoms with Crippen molar-refractivity contribution < 1.29 is 4.79 Å². The zero-order valence-electron chi connectivity index (χ0n) is 8.48. The Morgan fingerprint density at radius 3 is 3.00 bits per heavy atom. The second-order valence-corrected chi connectivity index (χ2v) is 3.28. The van der Waals surface area contributed by atoms with Crippen molar-refractivity contribution in [3.8, 4) is 0 Å². The molecule has 0 unspecified atom stereocenters. The van der Waals surface area contributed by atoms with Crippen LogP contribution in [0.2, 0.25) is 0 Å². The topological polar surface area (TPSA) is 85.8 Å². The zero-order valence-corrected chi connectivity index (χ0v) is 8.48. The van der Waals surface area contributed by atoms with Gasteiger partial charge in [-0.3, -0.25) is 14.9 Å². The van der Waals surface area contributed by atoms with Crippen LogP contribution in [0.4, 0.5) is 0 Å². The minimum Gasteiger partial charge on any atom is -0.290 e. The van der Waals surface area contributed by atoms with Gasteiger partial charge in [-0.1, -0.05) is 0 Å². The maximum atomic E-state index is 11.3. The number of carbonyl (C=O) groups is 1. The van der Waals surface area contributed by atoms with Crippen molar-refractivity contribution in [1.82, 2.24) is 20.2 Å². The van der Waals surface area contributed by atoms with Crippen LogP contribution in [0, 0.1) is 6.92 Å². The van der Waals surface area contributed by atoms with Gasteiger partial charge in [-0.05, 0) is 13.0 Å². The predicted molar refractivity (Wildman–Crippen MR) is 54.9 cm³/mol. The number of fused-ring (bicyclic) bond motifs is 1. The lowest BCUT2D eigenvalue weighted by atomic mass is 10.2. The van der Waals surface area contributed by atoms with Crippen LogP contribution in [0.25, 0.3) is 11.0 Å². The number of aryl methyl sites for hydroxylation is 2. The fourth-order valence-corrected chi connectivity index (χ4v) is 1.52. The summed E-state index contributed by atoms with van der Waals surface area (Å²) in [6.07, 6.45) is 1.48. The maximum absolute atomic E-state index is 11.3. The summed E-state index contributed by atoms with van der Waals surface area (Å²) in [7, 11) is 1.81. The highest BCUT2D eigenvalue weighted by atomic mass is 16.2. The number of hydrogen-bond acceptors (Lipinski definition) is 4. The molecule has 0 aliphatic rings. The highest BCUT2D eigenvalue weighted by Gasteiger charge is 2.10. The van der Waals surface area contributed by atoms with Crippen molar-refractivity contribution >= 4 is 16.9 Å². The fourth-order valence-electron chi connectivity index (χ4n) is 1.52. The summed E-state index contributed by atoms with van der Waals surface area (Å²) in [4.78, 5) is 15.4. The van der Waals surface area contributed by atoms with Gasteiger partial charge in [0.05, 0.1) is 11.3 Å². The number of aromatic nitrogens is 3. The van der Waals surface area contributed by atoms with Crippen molar-refractivity contribution in [2.45, 2.75) is 6.92 Å². The molecule has 2 aromatic heterocycles. The van der Waals surface area contributed by atoms with Gasteiger partial charge in [0.1, 0.15) is 0 Å². The molecule has 0 saturated carbocycles. The van der Waals surface area contributed by atoms with E-state index < -0.39 is 0 Å². The molecule has 0 spiro atoms. The van der Waals surface area contributed by atoms with Crippen molar-refractivity contribution in [2.75, 3.05) is 0 Å². The van der Waals surface area contributed by atoms with Crippen LogP contribution in [0.5, 0.6) is 0 Å². The Labute approximate surface area is 86.1 Å². The number of hydrogen-bond donors (Lipinski definition) is 2. The molecule has 0 aliphatic carbocycles. The SMILES string of the molecule is Cc1nn(C)c2ncc(C(=O)NN)cc12. The second kappa shape index (κ2) is 3.32. The number of nitrogens with one attached hydrogen (secondary N) is 1. The van der Waals surface area contributed by atoms with E-state index in [0.717, 1.165) is 16.7 Å². The fraction of sp³-hybridized carbons (Fsp3) is 0.222. The van der Waals surface area contributed by atoms with E-state index in [1.54, 1.807) is 10.7 Å². The molecule has 78 valence electrons. The minimum absolute atomic E-state index is 0.354. The number of amides is 1. The Morgan fingerprint density at radius 2 is 2.33 bits per heavy atom. The largest absolute Gasteiger partial charge is 0.290 e. The van der Waals surface area contributed by atoms with E-state index in [2.05, 4.69) is 15.5 Å². The summed E-state index contributed by atoms with van der Waals surface area (Å²) in [6.45, 7) is 1.87. The minimum atomic E-state index is -0.354. The Bertz CT molecular complexity index is 531. The molecular formula is C9H11N5O. The summed E-state index contributed by atoms with van der Waals surface area (Å²) in [5.74, 6) is 4.69. The molecular weight excluding hydrogens is 194 g/mol. The predicted octanol–water partition coefficient (Wildman–Crippen LogP) is -0.120. The van der Waals surface area contributed by atoms with Crippen LogP contribution in [0.1, 0.15) is 16.1 Å². The van der Waals surface area contributed by atoms with E-state index in [9.17, 15) is 4.79 Å². The van der Waals surface area contributed by atoms with Crippen molar-refractivity contribution in [2.24, 2.45) is 12.9 Å². The van der Waals surface area contributed by atoms with Crippen LogP contribution in [-0.2, 0) is 7.05 Å². The van der Waals surface area contributed by atoms with Gasteiger partial charge in [0, 0.05) is 18.6 Å². The van der Waals surface area contributed by atoms with E-state index in [1.165, 1.54) is 6.20 Å². The van der Waals surface area contributed by atoms with Gasteiger partial charge < -0.3 is 0 Å². The molecule has 0 aromatic carbocycles. The third-order valence-corrected chi connectivity index (χ3v) is 2.26. The molecule has 6 heteroatoms. The number of nitrogens with two attached hydrogens (primary N) is 1. The van der Waals surface area contributed by atoms with Crippen molar-refractivity contribution in [3.63, 3.8) is 0 Å². The van der Waals surface area contributed by atoms with Crippen LogP contribution < -0.4 is 11.3 Å². The van der Waals surface area contributed by atoms with Gasteiger partial charge in [0.2, 0.25) is 0 Å². The molecule has 6 nitrogen and oxygen atoms in total. The van der Waals surface area contributed by atoms with E-state index in [0.29, 0.717) is 5.56 Å². The molecule has 0 aliphatic heterocycles. The summed E-state index contributed by atoms with van der Waals surface area (Å²) in [5.41, 5.74) is 4.09. The van der Waals surface area contributed by atoms with Crippen LogP contribution in [0.3, 0.4) is 0 Å². The van der Waals surface area contributed by atoms with Gasteiger partial charge in [0.15, 0.2) is 5.65 Å². The Hall–Kier alpha value is -1.95. The Balaban J connectivity index is 2.65. The van der Waals surface area contributed by atoms with E-state index in [1.807, 2.05) is 14.0 Å². The summed E-state index contributed by atoms with van der Waals surface area (Å²) in [5, 5.41) is 5.07. The first-order valence-corrected chi connectivity index (χ1v) is 4.44. The number of pyridine rings is 1. The first-order valence-electron chi connectivity index (χ1n) is 4.44.